The molecule has 166 valence electrons. The number of rotatable bonds is 7. The Morgan fingerprint density at radius 2 is 2.10 bits per heavy atom. The van der Waals surface area contributed by atoms with Crippen molar-refractivity contribution >= 4 is 11.6 Å². The Bertz CT molecular complexity index is 999. The number of carbonyl (C=O) groups excluding carboxylic acids is 1. The number of anilines is 1. The van der Waals surface area contributed by atoms with Crippen LogP contribution in [0, 0.1) is 12.8 Å². The van der Waals surface area contributed by atoms with Gasteiger partial charge in [-0.1, -0.05) is 24.1 Å². The van der Waals surface area contributed by atoms with E-state index in [-0.39, 0.29) is 18.9 Å². The lowest BCUT2D eigenvalue weighted by molar-refractivity contribution is 0.0257. The largest absolute Gasteiger partial charge is 0.365 e. The van der Waals surface area contributed by atoms with Crippen LogP contribution < -0.4 is 10.2 Å². The summed E-state index contributed by atoms with van der Waals surface area (Å²) in [6, 6.07) is 5.53. The quantitative estimate of drug-likeness (QED) is 0.698. The summed E-state index contributed by atoms with van der Waals surface area (Å²) < 4.78 is 32.9. The average molecular weight is 430 g/mol. The molecule has 31 heavy (non-hydrogen) atoms. The standard InChI is InChI=1S/C23H28F2N4O2/c1-14-26-21(28-31-14)22(2,12-15-3-4-15)27-20(30)17-7-8-18(16-5-6-16)19(11-17)29-10-9-23(24,25)13-29/h7-8,11,15-16H,3-6,9-10,12-13H2,1-2H3,(H,27,30)/t22-/m0/s1. The van der Waals surface area contributed by atoms with Crippen LogP contribution in [0.5, 0.6) is 0 Å². The minimum absolute atomic E-state index is 0.149. The van der Waals surface area contributed by atoms with Crippen LogP contribution in [0.4, 0.5) is 14.5 Å². The van der Waals surface area contributed by atoms with Gasteiger partial charge in [0.15, 0.2) is 5.82 Å². The molecule has 0 unspecified atom stereocenters. The molecular formula is C23H28F2N4O2. The van der Waals surface area contributed by atoms with E-state index in [2.05, 4.69) is 15.5 Å². The van der Waals surface area contributed by atoms with Gasteiger partial charge in [0.2, 0.25) is 5.89 Å². The van der Waals surface area contributed by atoms with Crippen molar-refractivity contribution in [1.29, 1.82) is 0 Å². The molecule has 2 saturated carbocycles. The Hall–Kier alpha value is -2.51. The first-order valence-electron chi connectivity index (χ1n) is 11.1. The van der Waals surface area contributed by atoms with E-state index in [4.69, 9.17) is 4.52 Å². The number of aromatic nitrogens is 2. The van der Waals surface area contributed by atoms with Crippen molar-refractivity contribution in [3.05, 3.63) is 41.0 Å². The molecule has 2 aromatic rings. The van der Waals surface area contributed by atoms with Gasteiger partial charge in [0, 0.05) is 31.1 Å². The normalized spacial score (nSPS) is 22.4. The molecule has 1 N–H and O–H groups in total. The topological polar surface area (TPSA) is 71.3 Å². The van der Waals surface area contributed by atoms with Crippen molar-refractivity contribution in [2.75, 3.05) is 18.0 Å². The molecule has 2 aliphatic carbocycles. The molecule has 2 heterocycles. The van der Waals surface area contributed by atoms with Crippen LogP contribution in [0.3, 0.4) is 0 Å². The lowest BCUT2D eigenvalue weighted by atomic mass is 9.93. The van der Waals surface area contributed by atoms with Gasteiger partial charge in [-0.15, -0.1) is 0 Å². The van der Waals surface area contributed by atoms with Crippen molar-refractivity contribution in [2.24, 2.45) is 5.92 Å². The molecule has 3 aliphatic rings. The predicted octanol–water partition coefficient (Wildman–Crippen LogP) is 4.55. The lowest BCUT2D eigenvalue weighted by Gasteiger charge is -2.28. The fourth-order valence-corrected chi connectivity index (χ4v) is 4.58. The molecule has 1 aliphatic heterocycles. The van der Waals surface area contributed by atoms with E-state index >= 15 is 0 Å². The maximum absolute atomic E-state index is 13.9. The Morgan fingerprint density at radius 1 is 1.32 bits per heavy atom. The van der Waals surface area contributed by atoms with Gasteiger partial charge < -0.3 is 14.7 Å². The van der Waals surface area contributed by atoms with Crippen molar-refractivity contribution in [3.8, 4) is 0 Å². The molecule has 6 nitrogen and oxygen atoms in total. The summed E-state index contributed by atoms with van der Waals surface area (Å²) in [5.41, 5.74) is 1.57. The fraction of sp³-hybridized carbons (Fsp3) is 0.609. The molecule has 1 atom stereocenters. The number of nitrogens with one attached hydrogen (secondary N) is 1. The van der Waals surface area contributed by atoms with Gasteiger partial charge in [0.1, 0.15) is 5.54 Å². The van der Waals surface area contributed by atoms with Crippen LogP contribution in [-0.2, 0) is 5.54 Å². The van der Waals surface area contributed by atoms with Gasteiger partial charge in [-0.3, -0.25) is 4.79 Å². The fourth-order valence-electron chi connectivity index (χ4n) is 4.58. The van der Waals surface area contributed by atoms with Crippen LogP contribution in [0.1, 0.15) is 79.0 Å². The third-order valence-electron chi connectivity index (χ3n) is 6.62. The molecule has 3 fully saturated rings. The Labute approximate surface area is 180 Å². The van der Waals surface area contributed by atoms with Gasteiger partial charge in [-0.2, -0.15) is 4.98 Å². The van der Waals surface area contributed by atoms with E-state index in [9.17, 15) is 13.6 Å². The summed E-state index contributed by atoms with van der Waals surface area (Å²) in [6.07, 6.45) is 4.99. The average Bonchev–Trinajstić information content (AvgIpc) is 3.64. The maximum Gasteiger partial charge on any atom is 0.266 e. The highest BCUT2D eigenvalue weighted by Gasteiger charge is 2.41. The molecule has 1 amide bonds. The monoisotopic (exact) mass is 430 g/mol. The molecule has 0 spiro atoms. The number of benzene rings is 1. The van der Waals surface area contributed by atoms with Crippen LogP contribution in [-0.4, -0.2) is 35.1 Å². The summed E-state index contributed by atoms with van der Waals surface area (Å²) in [4.78, 5) is 19.4. The van der Waals surface area contributed by atoms with E-state index in [1.807, 2.05) is 13.0 Å². The number of hydrogen-bond donors (Lipinski definition) is 1. The van der Waals surface area contributed by atoms with E-state index in [0.29, 0.717) is 35.7 Å². The van der Waals surface area contributed by atoms with E-state index in [1.165, 1.54) is 0 Å². The molecule has 1 aromatic heterocycles. The van der Waals surface area contributed by atoms with Crippen molar-refractivity contribution in [3.63, 3.8) is 0 Å². The molecule has 0 bridgehead atoms. The molecule has 1 saturated heterocycles. The minimum Gasteiger partial charge on any atom is -0.365 e. The first-order chi connectivity index (χ1) is 14.7. The van der Waals surface area contributed by atoms with Gasteiger partial charge in [-0.05, 0) is 55.7 Å². The van der Waals surface area contributed by atoms with Crippen LogP contribution in [0.15, 0.2) is 22.7 Å². The highest BCUT2D eigenvalue weighted by Crippen LogP contribution is 2.46. The number of amides is 1. The van der Waals surface area contributed by atoms with Crippen LogP contribution in [0.2, 0.25) is 0 Å². The Morgan fingerprint density at radius 3 is 2.68 bits per heavy atom. The molecule has 0 radical (unpaired) electrons. The van der Waals surface area contributed by atoms with Gasteiger partial charge in [0.05, 0.1) is 6.54 Å². The zero-order valence-corrected chi connectivity index (χ0v) is 18.0. The molecule has 8 heteroatoms. The highest BCUT2D eigenvalue weighted by atomic mass is 19.3. The number of hydrogen-bond acceptors (Lipinski definition) is 5. The predicted molar refractivity (Wildman–Crippen MR) is 111 cm³/mol. The molecule has 5 rings (SSSR count). The number of alkyl halides is 2. The molecular weight excluding hydrogens is 402 g/mol. The van der Waals surface area contributed by atoms with Gasteiger partial charge in [-0.25, -0.2) is 8.78 Å². The van der Waals surface area contributed by atoms with E-state index in [1.54, 1.807) is 24.0 Å². The summed E-state index contributed by atoms with van der Waals surface area (Å²) in [5.74, 6) is -1.07. The summed E-state index contributed by atoms with van der Waals surface area (Å²) in [7, 11) is 0. The first-order valence-corrected chi connectivity index (χ1v) is 11.1. The third-order valence-corrected chi connectivity index (χ3v) is 6.62. The Kier molecular flexibility index (Phi) is 4.79. The SMILES string of the molecule is Cc1nc([C@](C)(CC2CC2)NC(=O)c2ccc(C3CC3)c(N3CCC(F)(F)C3)c2)no1. The summed E-state index contributed by atoms with van der Waals surface area (Å²) >= 11 is 0. The zero-order valence-electron chi connectivity index (χ0n) is 18.0. The second kappa shape index (κ2) is 7.28. The number of carbonyl (C=O) groups is 1. The van der Waals surface area contributed by atoms with Crippen molar-refractivity contribution < 1.29 is 18.1 Å². The van der Waals surface area contributed by atoms with Crippen LogP contribution >= 0.6 is 0 Å². The maximum atomic E-state index is 13.9. The lowest BCUT2D eigenvalue weighted by Crippen LogP contribution is -2.45. The molecule has 1 aromatic carbocycles. The minimum atomic E-state index is -2.68. The van der Waals surface area contributed by atoms with Gasteiger partial charge in [0.25, 0.3) is 11.8 Å². The second-order valence-electron chi connectivity index (χ2n) is 9.65. The smallest absolute Gasteiger partial charge is 0.266 e. The van der Waals surface area contributed by atoms with Crippen molar-refractivity contribution in [1.82, 2.24) is 15.5 Å². The highest BCUT2D eigenvalue weighted by molar-refractivity contribution is 5.96. The van der Waals surface area contributed by atoms with E-state index < -0.39 is 11.5 Å². The second-order valence-corrected chi connectivity index (χ2v) is 9.65. The number of nitrogens with zero attached hydrogens (tertiary/aromatic N) is 3. The van der Waals surface area contributed by atoms with Crippen molar-refractivity contribution in [2.45, 2.75) is 69.8 Å². The van der Waals surface area contributed by atoms with E-state index in [0.717, 1.165) is 43.4 Å². The zero-order chi connectivity index (χ0) is 21.8. The first kappa shape index (κ1) is 20.4. The van der Waals surface area contributed by atoms with Gasteiger partial charge >= 0.3 is 0 Å². The Balaban J connectivity index is 1.42. The number of aryl methyl sites for hydroxylation is 1. The number of halogens is 2. The van der Waals surface area contributed by atoms with Crippen LogP contribution in [0.25, 0.3) is 0 Å². The summed E-state index contributed by atoms with van der Waals surface area (Å²) in [5, 5.41) is 7.18. The third kappa shape index (κ3) is 4.29. The summed E-state index contributed by atoms with van der Waals surface area (Å²) in [6.45, 7) is 3.66.